The Bertz CT molecular complexity index is 444. The Labute approximate surface area is 121 Å². The highest BCUT2D eigenvalue weighted by molar-refractivity contribution is 5.78. The largest absolute Gasteiger partial charge is 0.351 e. The zero-order valence-electron chi connectivity index (χ0n) is 12.4. The first-order valence-electron chi connectivity index (χ1n) is 7.35. The lowest BCUT2D eigenvalue weighted by Crippen LogP contribution is -2.50. The average Bonchev–Trinajstić information content (AvgIpc) is 2.42. The third-order valence-electron chi connectivity index (χ3n) is 4.08. The predicted molar refractivity (Wildman–Crippen MR) is 81.2 cm³/mol. The molecule has 110 valence electrons. The highest BCUT2D eigenvalue weighted by atomic mass is 16.2. The van der Waals surface area contributed by atoms with Gasteiger partial charge in [0.25, 0.3) is 0 Å². The van der Waals surface area contributed by atoms with Gasteiger partial charge in [-0.15, -0.1) is 0 Å². The fourth-order valence-electron chi connectivity index (χ4n) is 2.48. The molecule has 1 amide bonds. The molecule has 1 aliphatic heterocycles. The Kier molecular flexibility index (Phi) is 5.15. The molecule has 0 aliphatic carbocycles. The molecule has 1 heterocycles. The molecule has 1 fully saturated rings. The van der Waals surface area contributed by atoms with Gasteiger partial charge in [0.1, 0.15) is 0 Å². The Morgan fingerprint density at radius 3 is 2.75 bits per heavy atom. The van der Waals surface area contributed by atoms with Gasteiger partial charge in [-0.05, 0) is 31.4 Å². The number of nitrogens with zero attached hydrogens (tertiary/aromatic N) is 1. The van der Waals surface area contributed by atoms with Crippen LogP contribution in [0, 0.1) is 12.8 Å². The van der Waals surface area contributed by atoms with Gasteiger partial charge in [0, 0.05) is 19.1 Å². The van der Waals surface area contributed by atoms with Crippen molar-refractivity contribution < 1.29 is 4.79 Å². The second kappa shape index (κ2) is 6.86. The van der Waals surface area contributed by atoms with E-state index in [2.05, 4.69) is 36.2 Å². The third kappa shape index (κ3) is 4.32. The summed E-state index contributed by atoms with van der Waals surface area (Å²) in [6, 6.07) is 8.41. The molecule has 20 heavy (non-hydrogen) atoms. The van der Waals surface area contributed by atoms with E-state index in [4.69, 9.17) is 5.73 Å². The molecule has 2 atom stereocenters. The summed E-state index contributed by atoms with van der Waals surface area (Å²) >= 11 is 0. The maximum absolute atomic E-state index is 11.9. The van der Waals surface area contributed by atoms with Gasteiger partial charge in [-0.1, -0.05) is 36.8 Å². The van der Waals surface area contributed by atoms with Crippen LogP contribution in [0.5, 0.6) is 0 Å². The van der Waals surface area contributed by atoms with Gasteiger partial charge in [0.2, 0.25) is 5.91 Å². The van der Waals surface area contributed by atoms with Crippen LogP contribution in [0.3, 0.4) is 0 Å². The molecule has 2 rings (SSSR count). The van der Waals surface area contributed by atoms with Crippen molar-refractivity contribution in [3.05, 3.63) is 35.4 Å². The summed E-state index contributed by atoms with van der Waals surface area (Å²) in [7, 11) is 0. The molecular formula is C16H25N3O. The lowest BCUT2D eigenvalue weighted by molar-refractivity contribution is -0.122. The summed E-state index contributed by atoms with van der Waals surface area (Å²) in [5.41, 5.74) is 8.42. The topological polar surface area (TPSA) is 58.4 Å². The van der Waals surface area contributed by atoms with Crippen molar-refractivity contribution in [3.8, 4) is 0 Å². The van der Waals surface area contributed by atoms with E-state index in [9.17, 15) is 4.79 Å². The van der Waals surface area contributed by atoms with Crippen molar-refractivity contribution in [1.82, 2.24) is 10.2 Å². The Balaban J connectivity index is 1.74. The Morgan fingerprint density at radius 2 is 2.10 bits per heavy atom. The van der Waals surface area contributed by atoms with E-state index in [-0.39, 0.29) is 11.9 Å². The number of amides is 1. The number of carbonyl (C=O) groups is 1. The van der Waals surface area contributed by atoms with Crippen LogP contribution < -0.4 is 11.1 Å². The first kappa shape index (κ1) is 15.0. The molecule has 1 aromatic rings. The SMILES string of the molecule is Cc1ccc(CNC(=O)CN2CCC(C)C(N)C2)cc1. The molecule has 4 nitrogen and oxygen atoms in total. The number of nitrogens with one attached hydrogen (secondary N) is 1. The summed E-state index contributed by atoms with van der Waals surface area (Å²) in [5.74, 6) is 0.634. The van der Waals surface area contributed by atoms with Crippen molar-refractivity contribution in [2.24, 2.45) is 11.7 Å². The first-order chi connectivity index (χ1) is 9.54. The normalized spacial score (nSPS) is 23.6. The predicted octanol–water partition coefficient (Wildman–Crippen LogP) is 1.28. The second-order valence-electron chi connectivity index (χ2n) is 5.93. The van der Waals surface area contributed by atoms with Crippen molar-refractivity contribution in [2.75, 3.05) is 19.6 Å². The number of nitrogens with two attached hydrogens (primary N) is 1. The van der Waals surface area contributed by atoms with Crippen LogP contribution in [0.4, 0.5) is 0 Å². The summed E-state index contributed by atoms with van der Waals surface area (Å²) in [5, 5.41) is 2.97. The minimum Gasteiger partial charge on any atom is -0.351 e. The van der Waals surface area contributed by atoms with Crippen molar-refractivity contribution >= 4 is 5.91 Å². The van der Waals surface area contributed by atoms with E-state index in [0.29, 0.717) is 19.0 Å². The summed E-state index contributed by atoms with van der Waals surface area (Å²) in [4.78, 5) is 14.1. The Hall–Kier alpha value is -1.39. The van der Waals surface area contributed by atoms with E-state index in [1.165, 1.54) is 5.56 Å². The maximum Gasteiger partial charge on any atom is 0.234 e. The molecule has 3 N–H and O–H groups in total. The average molecular weight is 275 g/mol. The molecule has 4 heteroatoms. The zero-order chi connectivity index (χ0) is 14.5. The monoisotopic (exact) mass is 275 g/mol. The lowest BCUT2D eigenvalue weighted by Gasteiger charge is -2.34. The highest BCUT2D eigenvalue weighted by Gasteiger charge is 2.24. The second-order valence-corrected chi connectivity index (χ2v) is 5.93. The molecule has 1 aromatic carbocycles. The number of benzene rings is 1. The summed E-state index contributed by atoms with van der Waals surface area (Å²) in [6.45, 7) is 7.07. The van der Waals surface area contributed by atoms with Crippen LogP contribution in [0.25, 0.3) is 0 Å². The first-order valence-corrected chi connectivity index (χ1v) is 7.35. The number of hydrogen-bond donors (Lipinski definition) is 2. The van der Waals surface area contributed by atoms with Crippen LogP contribution in [0.2, 0.25) is 0 Å². The fourth-order valence-corrected chi connectivity index (χ4v) is 2.48. The number of piperidine rings is 1. The van der Waals surface area contributed by atoms with Crippen LogP contribution in [0.1, 0.15) is 24.5 Å². The van der Waals surface area contributed by atoms with Gasteiger partial charge < -0.3 is 11.1 Å². The number of rotatable bonds is 4. The van der Waals surface area contributed by atoms with Gasteiger partial charge in [-0.2, -0.15) is 0 Å². The van der Waals surface area contributed by atoms with Gasteiger partial charge >= 0.3 is 0 Å². The van der Waals surface area contributed by atoms with E-state index in [1.54, 1.807) is 0 Å². The van der Waals surface area contributed by atoms with Crippen LogP contribution in [-0.4, -0.2) is 36.5 Å². The van der Waals surface area contributed by atoms with E-state index in [1.807, 2.05) is 12.1 Å². The van der Waals surface area contributed by atoms with Gasteiger partial charge in [-0.3, -0.25) is 9.69 Å². The number of aryl methyl sites for hydroxylation is 1. The van der Waals surface area contributed by atoms with Crippen LogP contribution >= 0.6 is 0 Å². The number of carbonyl (C=O) groups excluding carboxylic acids is 1. The van der Waals surface area contributed by atoms with Crippen LogP contribution in [-0.2, 0) is 11.3 Å². The van der Waals surface area contributed by atoms with E-state index < -0.39 is 0 Å². The quantitative estimate of drug-likeness (QED) is 0.870. The minimum atomic E-state index is 0.0762. The third-order valence-corrected chi connectivity index (χ3v) is 4.08. The number of likely N-dealkylation sites (tertiary alicyclic amines) is 1. The van der Waals surface area contributed by atoms with E-state index >= 15 is 0 Å². The lowest BCUT2D eigenvalue weighted by atomic mass is 9.94. The van der Waals surface area contributed by atoms with Crippen LogP contribution in [0.15, 0.2) is 24.3 Å². The van der Waals surface area contributed by atoms with Gasteiger partial charge in [0.05, 0.1) is 6.54 Å². The maximum atomic E-state index is 11.9. The molecule has 0 spiro atoms. The summed E-state index contributed by atoms with van der Waals surface area (Å²) in [6.07, 6.45) is 1.08. The molecule has 0 aromatic heterocycles. The Morgan fingerprint density at radius 1 is 1.40 bits per heavy atom. The molecule has 0 saturated carbocycles. The minimum absolute atomic E-state index is 0.0762. The fraction of sp³-hybridized carbons (Fsp3) is 0.562. The van der Waals surface area contributed by atoms with E-state index in [0.717, 1.165) is 25.1 Å². The summed E-state index contributed by atoms with van der Waals surface area (Å²) < 4.78 is 0. The highest BCUT2D eigenvalue weighted by Crippen LogP contribution is 2.14. The smallest absolute Gasteiger partial charge is 0.234 e. The molecule has 0 bridgehead atoms. The molecule has 1 saturated heterocycles. The zero-order valence-corrected chi connectivity index (χ0v) is 12.4. The molecule has 0 radical (unpaired) electrons. The van der Waals surface area contributed by atoms with Crippen molar-refractivity contribution in [3.63, 3.8) is 0 Å². The molecule has 1 aliphatic rings. The van der Waals surface area contributed by atoms with Crippen molar-refractivity contribution in [2.45, 2.75) is 32.9 Å². The van der Waals surface area contributed by atoms with Gasteiger partial charge in [-0.25, -0.2) is 0 Å². The molecular weight excluding hydrogens is 250 g/mol. The number of hydrogen-bond acceptors (Lipinski definition) is 3. The standard InChI is InChI=1S/C16H25N3O/c1-12-3-5-14(6-4-12)9-18-16(20)11-19-8-7-13(2)15(17)10-19/h3-6,13,15H,7-11,17H2,1-2H3,(H,18,20). The van der Waals surface area contributed by atoms with Crippen molar-refractivity contribution in [1.29, 1.82) is 0 Å². The molecule has 2 unspecified atom stereocenters. The van der Waals surface area contributed by atoms with Gasteiger partial charge in [0.15, 0.2) is 0 Å².